The van der Waals surface area contributed by atoms with Gasteiger partial charge in [-0.05, 0) is 79.7 Å². The molecule has 4 atom stereocenters. The van der Waals surface area contributed by atoms with Gasteiger partial charge in [0.05, 0.1) is 49.0 Å². The van der Waals surface area contributed by atoms with Gasteiger partial charge in [-0.3, -0.25) is 9.69 Å². The van der Waals surface area contributed by atoms with E-state index in [1.54, 1.807) is 11.1 Å². The Morgan fingerprint density at radius 1 is 0.824 bits per heavy atom. The number of nitrogens with zero attached hydrogens (tertiary/aromatic N) is 4. The summed E-state index contributed by atoms with van der Waals surface area (Å²) in [7, 11) is 1.47. The van der Waals surface area contributed by atoms with E-state index in [1.165, 1.54) is 55.1 Å². The summed E-state index contributed by atoms with van der Waals surface area (Å²) in [6.45, 7) is 5.52. The van der Waals surface area contributed by atoms with Crippen molar-refractivity contribution in [3.8, 4) is 33.6 Å². The number of imidazole rings is 2. The Labute approximate surface area is 298 Å². The number of amides is 2. The predicted molar refractivity (Wildman–Crippen MR) is 194 cm³/mol. The van der Waals surface area contributed by atoms with Crippen LogP contribution in [-0.2, 0) is 16.6 Å². The number of alkyl halides is 2. The lowest BCUT2D eigenvalue weighted by Crippen LogP contribution is -2.37. The quantitative estimate of drug-likeness (QED) is 0.208. The lowest BCUT2D eigenvalue weighted by atomic mass is 9.76. The molecule has 2 saturated heterocycles. The molecule has 0 unspecified atom stereocenters. The van der Waals surface area contributed by atoms with Crippen LogP contribution in [0.4, 0.5) is 18.4 Å². The van der Waals surface area contributed by atoms with Crippen LogP contribution in [0.1, 0.15) is 101 Å². The molecule has 2 amide bonds. The first-order chi connectivity index (χ1) is 24.4. The predicted octanol–water partition coefficient (Wildman–Crippen LogP) is 7.75. The fraction of sp³-hybridized carbons (Fsp3) is 0.487. The third-order valence-corrected chi connectivity index (χ3v) is 11.4. The van der Waals surface area contributed by atoms with E-state index in [4.69, 9.17) is 9.72 Å². The molecular formula is C39H45BF2N6O3. The van der Waals surface area contributed by atoms with Gasteiger partial charge in [0.2, 0.25) is 7.85 Å². The number of benzene rings is 2. The van der Waals surface area contributed by atoms with Crippen molar-refractivity contribution in [1.82, 2.24) is 29.7 Å². The van der Waals surface area contributed by atoms with Crippen molar-refractivity contribution in [2.24, 2.45) is 0 Å². The second-order valence-electron chi connectivity index (χ2n) is 15.9. The van der Waals surface area contributed by atoms with E-state index in [2.05, 4.69) is 51.4 Å². The van der Waals surface area contributed by atoms with Crippen LogP contribution in [0.3, 0.4) is 0 Å². The number of ether oxygens (including phenoxy) is 1. The summed E-state index contributed by atoms with van der Waals surface area (Å²) in [5.74, 6) is 1.03. The van der Waals surface area contributed by atoms with Crippen molar-refractivity contribution in [2.45, 2.75) is 108 Å². The normalized spacial score (nSPS) is 24.1. The zero-order valence-corrected chi connectivity index (χ0v) is 29.8. The minimum atomic E-state index is -1.14. The van der Waals surface area contributed by atoms with Crippen LogP contribution in [0.25, 0.3) is 33.6 Å². The first kappa shape index (κ1) is 33.7. The molecule has 0 bridgehead atoms. The summed E-state index contributed by atoms with van der Waals surface area (Å²) in [5.41, 5.74) is 8.40. The number of carbonyl (C=O) groups excluding carboxylic acids is 2. The Balaban J connectivity index is 1.09. The Hall–Kier alpha value is -4.48. The Bertz CT molecular complexity index is 1960. The van der Waals surface area contributed by atoms with Crippen molar-refractivity contribution in [3.63, 3.8) is 0 Å². The van der Waals surface area contributed by atoms with Crippen LogP contribution in [-0.4, -0.2) is 80.5 Å². The molecule has 2 aromatic carbocycles. The van der Waals surface area contributed by atoms with Gasteiger partial charge in [-0.15, -0.1) is 0 Å². The van der Waals surface area contributed by atoms with E-state index >= 15 is 0 Å². The summed E-state index contributed by atoms with van der Waals surface area (Å²) < 4.78 is 34.5. The van der Waals surface area contributed by atoms with E-state index in [1.807, 2.05) is 27.0 Å². The summed E-state index contributed by atoms with van der Waals surface area (Å²) in [5, 5.41) is 0. The van der Waals surface area contributed by atoms with Crippen LogP contribution < -0.4 is 0 Å². The SMILES string of the molecule is BC(=O)N1C[C@@H](F)C[C@H]1c1ncc(-c2ccc(-c3ccc(-c4cnc([C@@H]5C[C@H](F)CN5C(=O)OC(C)(C)C)[nH]4)c4c3C3(CCCC3)CC4)cc2)[nH]1. The van der Waals surface area contributed by atoms with Crippen molar-refractivity contribution in [1.29, 1.82) is 0 Å². The largest absolute Gasteiger partial charge is 0.444 e. The molecule has 1 saturated carbocycles. The fourth-order valence-electron chi connectivity index (χ4n) is 9.13. The average Bonchev–Trinajstić information content (AvgIpc) is 3.93. The molecule has 12 heteroatoms. The maximum Gasteiger partial charge on any atom is 0.411 e. The first-order valence-electron chi connectivity index (χ1n) is 18.3. The standard InChI is InChI=1S/C39H45BF2N6O3/c1-38(2,3)51-37(50)48-21-25(42)17-32(48)35-44-19-30(46-35)27-11-10-26(33-28(27)12-15-39(33)13-4-5-14-39)22-6-8-23(9-7-22)29-18-43-34(45-29)31-16-24(41)20-47(31)36(40)49/h6-11,18-19,24-25,31-32H,4-5,12-17,20-21,40H2,1-3H3,(H,43,45)(H,44,46)/t24-,25-,31-,32-/m0/s1. The topological polar surface area (TPSA) is 107 Å². The number of H-pyrrole nitrogens is 2. The van der Waals surface area contributed by atoms with E-state index in [-0.39, 0.29) is 43.2 Å². The summed E-state index contributed by atoms with van der Waals surface area (Å²) >= 11 is 0. The van der Waals surface area contributed by atoms with Gasteiger partial charge >= 0.3 is 6.09 Å². The highest BCUT2D eigenvalue weighted by atomic mass is 19.1. The fourth-order valence-corrected chi connectivity index (χ4v) is 9.13. The minimum absolute atomic E-state index is 0.0128. The zero-order valence-electron chi connectivity index (χ0n) is 29.8. The number of aromatic nitrogens is 4. The maximum absolute atomic E-state index is 14.7. The number of hydrogen-bond acceptors (Lipinski definition) is 5. The number of rotatable bonds is 5. The van der Waals surface area contributed by atoms with Crippen molar-refractivity contribution >= 4 is 19.7 Å². The molecule has 2 N–H and O–H groups in total. The van der Waals surface area contributed by atoms with Gasteiger partial charge in [-0.1, -0.05) is 49.2 Å². The van der Waals surface area contributed by atoms with Crippen LogP contribution >= 0.6 is 0 Å². The molecule has 266 valence electrons. The molecule has 51 heavy (non-hydrogen) atoms. The number of fused-ring (bicyclic) bond motifs is 2. The third-order valence-electron chi connectivity index (χ3n) is 11.4. The smallest absolute Gasteiger partial charge is 0.411 e. The van der Waals surface area contributed by atoms with Gasteiger partial charge in [0.15, 0.2) is 5.81 Å². The number of halogens is 2. The van der Waals surface area contributed by atoms with Crippen LogP contribution in [0, 0.1) is 0 Å². The van der Waals surface area contributed by atoms with Crippen molar-refractivity contribution in [2.75, 3.05) is 13.1 Å². The van der Waals surface area contributed by atoms with E-state index in [0.29, 0.717) is 11.6 Å². The number of carbonyl (C=O) groups is 2. The van der Waals surface area contributed by atoms with Gasteiger partial charge < -0.3 is 19.6 Å². The monoisotopic (exact) mass is 694 g/mol. The van der Waals surface area contributed by atoms with Gasteiger partial charge in [0, 0.05) is 18.4 Å². The van der Waals surface area contributed by atoms with E-state index < -0.39 is 30.1 Å². The van der Waals surface area contributed by atoms with E-state index in [0.717, 1.165) is 40.9 Å². The number of hydrogen-bond donors (Lipinski definition) is 2. The number of nitrogens with one attached hydrogen (secondary N) is 2. The van der Waals surface area contributed by atoms with Crippen LogP contribution in [0.5, 0.6) is 0 Å². The summed E-state index contributed by atoms with van der Waals surface area (Å²) in [6.07, 6.45) is 8.15. The second kappa shape index (κ2) is 12.6. The number of aromatic amines is 2. The molecule has 8 rings (SSSR count). The Kier molecular flexibility index (Phi) is 8.34. The highest BCUT2D eigenvalue weighted by Gasteiger charge is 2.44. The third kappa shape index (κ3) is 6.14. The molecule has 4 aliphatic rings. The summed E-state index contributed by atoms with van der Waals surface area (Å²) in [4.78, 5) is 44.2. The lowest BCUT2D eigenvalue weighted by Gasteiger charge is -2.28. The molecule has 0 radical (unpaired) electrons. The van der Waals surface area contributed by atoms with Gasteiger partial charge in [0.25, 0.3) is 0 Å². The van der Waals surface area contributed by atoms with Crippen molar-refractivity contribution < 1.29 is 23.1 Å². The Morgan fingerprint density at radius 2 is 1.39 bits per heavy atom. The highest BCUT2D eigenvalue weighted by Crippen LogP contribution is 2.55. The molecular weight excluding hydrogens is 649 g/mol. The highest BCUT2D eigenvalue weighted by molar-refractivity contribution is 6.57. The molecule has 4 aromatic rings. The van der Waals surface area contributed by atoms with Crippen LogP contribution in [0.2, 0.25) is 0 Å². The molecule has 9 nitrogen and oxygen atoms in total. The maximum atomic E-state index is 14.7. The average molecular weight is 695 g/mol. The molecule has 3 fully saturated rings. The van der Waals surface area contributed by atoms with Gasteiger partial charge in [-0.25, -0.2) is 23.5 Å². The Morgan fingerprint density at radius 3 is 2.04 bits per heavy atom. The summed E-state index contributed by atoms with van der Waals surface area (Å²) in [6, 6.07) is 12.0. The number of likely N-dealkylation sites (tertiary alicyclic amines) is 2. The molecule has 1 spiro atoms. The van der Waals surface area contributed by atoms with Gasteiger partial charge in [0.1, 0.15) is 29.6 Å². The molecule has 2 aromatic heterocycles. The minimum Gasteiger partial charge on any atom is -0.444 e. The van der Waals surface area contributed by atoms with Gasteiger partial charge in [-0.2, -0.15) is 0 Å². The first-order valence-corrected chi connectivity index (χ1v) is 18.3. The second-order valence-corrected chi connectivity index (χ2v) is 15.9. The van der Waals surface area contributed by atoms with Crippen LogP contribution in [0.15, 0.2) is 48.8 Å². The molecule has 4 heterocycles. The van der Waals surface area contributed by atoms with Crippen molar-refractivity contribution in [3.05, 3.63) is 71.6 Å². The van der Waals surface area contributed by atoms with E-state index in [9.17, 15) is 18.4 Å². The molecule has 2 aliphatic heterocycles. The molecule has 2 aliphatic carbocycles. The zero-order chi connectivity index (χ0) is 35.7. The lowest BCUT2D eigenvalue weighted by molar-refractivity contribution is 0.0211.